The average Bonchev–Trinajstić information content (AvgIpc) is 2.50. The molecule has 1 aromatic carbocycles. The summed E-state index contributed by atoms with van der Waals surface area (Å²) in [6.45, 7) is 0. The second-order valence-corrected chi connectivity index (χ2v) is 7.86. The molecule has 7 heteroatoms. The number of nitrogens with two attached hydrogens (primary N) is 1. The molecule has 2 bridgehead atoms. The lowest BCUT2D eigenvalue weighted by molar-refractivity contribution is -0.184. The van der Waals surface area contributed by atoms with Gasteiger partial charge >= 0.3 is 5.97 Å². The van der Waals surface area contributed by atoms with E-state index in [0.717, 1.165) is 10.9 Å². The number of primary amides is 1. The largest absolute Gasteiger partial charge is 0.447 e. The van der Waals surface area contributed by atoms with Crippen molar-refractivity contribution in [2.24, 2.45) is 23.5 Å². The van der Waals surface area contributed by atoms with Gasteiger partial charge in [0.05, 0.1) is 5.92 Å². The van der Waals surface area contributed by atoms with Gasteiger partial charge in [-0.3, -0.25) is 9.59 Å². The van der Waals surface area contributed by atoms with E-state index in [1.54, 1.807) is 24.3 Å². The minimum atomic E-state index is -2.71. The maximum atomic E-state index is 14.2. The molecule has 2 saturated carbocycles. The van der Waals surface area contributed by atoms with Crippen LogP contribution in [0.25, 0.3) is 0 Å². The summed E-state index contributed by atoms with van der Waals surface area (Å²) in [4.78, 5) is 24.3. The molecule has 1 aromatic rings. The van der Waals surface area contributed by atoms with E-state index < -0.39 is 41.7 Å². The first-order chi connectivity index (χ1) is 11.8. The van der Waals surface area contributed by atoms with Crippen LogP contribution in [0.15, 0.2) is 28.7 Å². The molecule has 2 fully saturated rings. The molecule has 2 aliphatic rings. The highest BCUT2D eigenvalue weighted by atomic mass is 79.9. The second-order valence-electron chi connectivity index (χ2n) is 6.94. The van der Waals surface area contributed by atoms with Gasteiger partial charge in [0, 0.05) is 21.9 Å². The van der Waals surface area contributed by atoms with Gasteiger partial charge in [-0.1, -0.05) is 34.5 Å². The van der Waals surface area contributed by atoms with E-state index >= 15 is 0 Å². The quantitative estimate of drug-likeness (QED) is 0.755. The Morgan fingerprint density at radius 3 is 2.44 bits per heavy atom. The van der Waals surface area contributed by atoms with E-state index in [0.29, 0.717) is 18.4 Å². The van der Waals surface area contributed by atoms with Gasteiger partial charge in [0.25, 0.3) is 11.8 Å². The summed E-state index contributed by atoms with van der Waals surface area (Å²) in [5.74, 6) is -6.28. The maximum absolute atomic E-state index is 14.2. The summed E-state index contributed by atoms with van der Waals surface area (Å²) in [7, 11) is 0. The van der Waals surface area contributed by atoms with Crippen LogP contribution >= 0.6 is 15.9 Å². The van der Waals surface area contributed by atoms with Crippen LogP contribution in [0.1, 0.15) is 43.8 Å². The first-order valence-electron chi connectivity index (χ1n) is 8.42. The van der Waals surface area contributed by atoms with Crippen molar-refractivity contribution < 1.29 is 23.1 Å². The summed E-state index contributed by atoms with van der Waals surface area (Å²) in [5.41, 5.74) is 5.84. The standard InChI is InChI=1S/C18H20BrF2NO3/c19-14-6-1-3-10(9-14)15(16(22)23)25-17(24)11-7-12-4-2-5-13(8-11)18(12,20)21/h1,3,6,9,11-13,15H,2,4-5,7-8H2,(H2,22,23). The van der Waals surface area contributed by atoms with Crippen LogP contribution in [-0.4, -0.2) is 17.8 Å². The predicted octanol–water partition coefficient (Wildman–Crippen LogP) is 3.98. The molecule has 0 radical (unpaired) electrons. The van der Waals surface area contributed by atoms with Crippen molar-refractivity contribution in [3.8, 4) is 0 Å². The molecule has 3 unspecified atom stereocenters. The number of carbonyl (C=O) groups excluding carboxylic acids is 2. The zero-order chi connectivity index (χ0) is 18.2. The molecule has 0 aromatic heterocycles. The molecule has 136 valence electrons. The Labute approximate surface area is 153 Å². The van der Waals surface area contributed by atoms with E-state index in [1.807, 2.05) is 0 Å². The number of amides is 1. The third kappa shape index (κ3) is 3.71. The second kappa shape index (κ2) is 7.02. The fourth-order valence-corrected chi connectivity index (χ4v) is 4.44. The topological polar surface area (TPSA) is 69.4 Å². The Morgan fingerprint density at radius 2 is 1.88 bits per heavy atom. The van der Waals surface area contributed by atoms with Gasteiger partial charge in [0.15, 0.2) is 0 Å². The minimum Gasteiger partial charge on any atom is -0.447 e. The number of halogens is 3. The van der Waals surface area contributed by atoms with Crippen molar-refractivity contribution in [2.45, 2.75) is 44.1 Å². The number of rotatable bonds is 4. The van der Waals surface area contributed by atoms with Crippen LogP contribution in [0.3, 0.4) is 0 Å². The van der Waals surface area contributed by atoms with Gasteiger partial charge in [0.2, 0.25) is 6.10 Å². The lowest BCUT2D eigenvalue weighted by Crippen LogP contribution is -2.48. The number of hydrogen-bond donors (Lipinski definition) is 1. The van der Waals surface area contributed by atoms with Crippen LogP contribution in [-0.2, 0) is 14.3 Å². The van der Waals surface area contributed by atoms with E-state index in [9.17, 15) is 18.4 Å². The summed E-state index contributed by atoms with van der Waals surface area (Å²) in [5, 5.41) is 0. The zero-order valence-corrected chi connectivity index (χ0v) is 15.2. The molecule has 4 nitrogen and oxygen atoms in total. The summed E-state index contributed by atoms with van der Waals surface area (Å²) < 4.78 is 34.5. The number of fused-ring (bicyclic) bond motifs is 2. The van der Waals surface area contributed by atoms with Crippen molar-refractivity contribution in [1.29, 1.82) is 0 Å². The first kappa shape index (κ1) is 18.3. The van der Waals surface area contributed by atoms with Gasteiger partial charge < -0.3 is 10.5 Å². The normalized spacial score (nSPS) is 28.8. The van der Waals surface area contributed by atoms with E-state index in [1.165, 1.54) is 0 Å². The molecule has 2 N–H and O–H groups in total. The molecule has 1 amide bonds. The highest BCUT2D eigenvalue weighted by molar-refractivity contribution is 9.10. The van der Waals surface area contributed by atoms with Crippen molar-refractivity contribution in [1.82, 2.24) is 0 Å². The maximum Gasteiger partial charge on any atom is 0.310 e. The van der Waals surface area contributed by atoms with Gasteiger partial charge in [-0.15, -0.1) is 0 Å². The molecule has 0 saturated heterocycles. The van der Waals surface area contributed by atoms with Crippen LogP contribution < -0.4 is 5.73 Å². The smallest absolute Gasteiger partial charge is 0.310 e. The average molecular weight is 416 g/mol. The molecule has 0 spiro atoms. The van der Waals surface area contributed by atoms with Crippen molar-refractivity contribution >= 4 is 27.8 Å². The third-order valence-corrected chi connectivity index (χ3v) is 5.80. The molecule has 2 aliphatic carbocycles. The minimum absolute atomic E-state index is 0.103. The van der Waals surface area contributed by atoms with Crippen molar-refractivity contribution in [3.05, 3.63) is 34.3 Å². The van der Waals surface area contributed by atoms with Gasteiger partial charge in [-0.2, -0.15) is 0 Å². The van der Waals surface area contributed by atoms with Crippen LogP contribution in [0.4, 0.5) is 8.78 Å². The lowest BCUT2D eigenvalue weighted by Gasteiger charge is -2.44. The van der Waals surface area contributed by atoms with Crippen LogP contribution in [0.2, 0.25) is 0 Å². The number of esters is 1. The SMILES string of the molecule is NC(=O)C(OC(=O)C1CC2CCCC(C1)C2(F)F)c1cccc(Br)c1. The Morgan fingerprint density at radius 1 is 1.24 bits per heavy atom. The summed E-state index contributed by atoms with van der Waals surface area (Å²) in [6, 6.07) is 6.76. The van der Waals surface area contributed by atoms with Gasteiger partial charge in [-0.05, 0) is 37.8 Å². The molecular formula is C18H20BrF2NO3. The van der Waals surface area contributed by atoms with E-state index in [-0.39, 0.29) is 12.8 Å². The molecule has 25 heavy (non-hydrogen) atoms. The number of carbonyl (C=O) groups is 2. The molecule has 0 heterocycles. The number of ether oxygens (including phenoxy) is 1. The van der Waals surface area contributed by atoms with Crippen LogP contribution in [0.5, 0.6) is 0 Å². The predicted molar refractivity (Wildman–Crippen MR) is 90.7 cm³/mol. The molecule has 3 atom stereocenters. The molecular weight excluding hydrogens is 396 g/mol. The molecule has 3 rings (SSSR count). The van der Waals surface area contributed by atoms with E-state index in [4.69, 9.17) is 10.5 Å². The van der Waals surface area contributed by atoms with Gasteiger partial charge in [-0.25, -0.2) is 8.78 Å². The lowest BCUT2D eigenvalue weighted by atomic mass is 9.65. The van der Waals surface area contributed by atoms with Crippen LogP contribution in [0, 0.1) is 17.8 Å². The Kier molecular flexibility index (Phi) is 5.14. The number of alkyl halides is 2. The van der Waals surface area contributed by atoms with E-state index in [2.05, 4.69) is 15.9 Å². The van der Waals surface area contributed by atoms with Crippen molar-refractivity contribution in [3.63, 3.8) is 0 Å². The Balaban J connectivity index is 1.73. The molecule has 0 aliphatic heterocycles. The number of benzene rings is 1. The monoisotopic (exact) mass is 415 g/mol. The fourth-order valence-electron chi connectivity index (χ4n) is 4.03. The highest BCUT2D eigenvalue weighted by Gasteiger charge is 2.55. The summed E-state index contributed by atoms with van der Waals surface area (Å²) in [6.07, 6.45) is 0.621. The summed E-state index contributed by atoms with van der Waals surface area (Å²) >= 11 is 3.29. The third-order valence-electron chi connectivity index (χ3n) is 5.31. The fraction of sp³-hybridized carbons (Fsp3) is 0.556. The Hall–Kier alpha value is -1.50. The van der Waals surface area contributed by atoms with Crippen molar-refractivity contribution in [2.75, 3.05) is 0 Å². The Bertz CT molecular complexity index is 666. The van der Waals surface area contributed by atoms with Gasteiger partial charge in [0.1, 0.15) is 0 Å². The number of hydrogen-bond acceptors (Lipinski definition) is 3. The highest BCUT2D eigenvalue weighted by Crippen LogP contribution is 2.52. The zero-order valence-electron chi connectivity index (χ0n) is 13.6. The first-order valence-corrected chi connectivity index (χ1v) is 9.21.